The third-order valence-corrected chi connectivity index (χ3v) is 3.32. The fraction of sp³-hybridized carbons (Fsp3) is 1.00. The van der Waals surface area contributed by atoms with Crippen molar-refractivity contribution in [3.63, 3.8) is 0 Å². The molecule has 1 fully saturated rings. The van der Waals surface area contributed by atoms with Crippen LogP contribution in [0.25, 0.3) is 0 Å². The molecule has 1 rings (SSSR count). The predicted molar refractivity (Wildman–Crippen MR) is 60.4 cm³/mol. The van der Waals surface area contributed by atoms with Crippen molar-refractivity contribution in [2.45, 2.75) is 45.4 Å². The highest BCUT2D eigenvalue weighted by Crippen LogP contribution is 2.27. The van der Waals surface area contributed by atoms with Crippen molar-refractivity contribution in [2.24, 2.45) is 5.92 Å². The summed E-state index contributed by atoms with van der Waals surface area (Å²) in [6.45, 7) is 6.34. The Kier molecular flexibility index (Phi) is 6.20. The quantitative estimate of drug-likeness (QED) is 0.606. The lowest BCUT2D eigenvalue weighted by Gasteiger charge is -2.31. The lowest BCUT2D eigenvalue weighted by molar-refractivity contribution is 0.180. The first-order valence-corrected chi connectivity index (χ1v) is 6.20. The number of aliphatic hydroxyl groups excluding tert-OH is 1. The summed E-state index contributed by atoms with van der Waals surface area (Å²) >= 11 is 0. The summed E-state index contributed by atoms with van der Waals surface area (Å²) in [5, 5.41) is 8.67. The van der Waals surface area contributed by atoms with E-state index in [4.69, 9.17) is 5.11 Å². The van der Waals surface area contributed by atoms with E-state index < -0.39 is 0 Å². The first-order valence-electron chi connectivity index (χ1n) is 6.20. The average Bonchev–Trinajstić information content (AvgIpc) is 2.14. The molecule has 0 unspecified atom stereocenters. The molecule has 0 amide bonds. The van der Waals surface area contributed by atoms with Crippen molar-refractivity contribution in [3.05, 3.63) is 0 Å². The van der Waals surface area contributed by atoms with E-state index in [1.165, 1.54) is 51.7 Å². The minimum absolute atomic E-state index is 0.356. The fourth-order valence-corrected chi connectivity index (χ4v) is 2.04. The minimum Gasteiger partial charge on any atom is -0.396 e. The topological polar surface area (TPSA) is 23.5 Å². The van der Waals surface area contributed by atoms with Crippen LogP contribution in [0.3, 0.4) is 0 Å². The fourth-order valence-electron chi connectivity index (χ4n) is 2.04. The highest BCUT2D eigenvalue weighted by molar-refractivity contribution is 4.73. The molecule has 0 aliphatic heterocycles. The van der Waals surface area contributed by atoms with Crippen LogP contribution in [0.2, 0.25) is 0 Å². The summed E-state index contributed by atoms with van der Waals surface area (Å²) in [7, 11) is 0. The van der Waals surface area contributed by atoms with Crippen LogP contribution in [0.15, 0.2) is 0 Å². The van der Waals surface area contributed by atoms with E-state index in [1.807, 2.05) is 0 Å². The van der Waals surface area contributed by atoms with Crippen molar-refractivity contribution in [3.8, 4) is 0 Å². The second-order valence-electron chi connectivity index (χ2n) is 4.47. The lowest BCUT2D eigenvalue weighted by Crippen LogP contribution is -2.33. The molecular formula is C12H25NO. The number of hydrogen-bond donors (Lipinski definition) is 1. The maximum Gasteiger partial charge on any atom is 0.0431 e. The molecule has 0 aromatic rings. The Morgan fingerprint density at radius 3 is 2.50 bits per heavy atom. The molecule has 0 atom stereocenters. The van der Waals surface area contributed by atoms with Crippen molar-refractivity contribution in [2.75, 3.05) is 26.2 Å². The summed E-state index contributed by atoms with van der Waals surface area (Å²) in [6, 6.07) is 0. The van der Waals surface area contributed by atoms with Crippen molar-refractivity contribution < 1.29 is 5.11 Å². The van der Waals surface area contributed by atoms with E-state index in [1.54, 1.807) is 0 Å². The summed E-state index contributed by atoms with van der Waals surface area (Å²) < 4.78 is 0. The molecular weight excluding hydrogens is 174 g/mol. The van der Waals surface area contributed by atoms with E-state index in [9.17, 15) is 0 Å². The number of rotatable bonds is 8. The van der Waals surface area contributed by atoms with Crippen LogP contribution in [-0.2, 0) is 0 Å². The van der Waals surface area contributed by atoms with Crippen LogP contribution in [0.5, 0.6) is 0 Å². The number of hydrogen-bond acceptors (Lipinski definition) is 2. The van der Waals surface area contributed by atoms with Gasteiger partial charge in [0.05, 0.1) is 0 Å². The maximum atomic E-state index is 8.67. The van der Waals surface area contributed by atoms with Crippen LogP contribution >= 0.6 is 0 Å². The molecule has 14 heavy (non-hydrogen) atoms. The number of unbranched alkanes of at least 4 members (excludes halogenated alkanes) is 2. The molecule has 0 spiro atoms. The molecule has 0 heterocycles. The minimum atomic E-state index is 0.356. The van der Waals surface area contributed by atoms with Gasteiger partial charge >= 0.3 is 0 Å². The lowest BCUT2D eigenvalue weighted by atomic mass is 9.85. The largest absolute Gasteiger partial charge is 0.396 e. The smallest absolute Gasteiger partial charge is 0.0431 e. The predicted octanol–water partition coefficient (Wildman–Crippen LogP) is 2.27. The van der Waals surface area contributed by atoms with Crippen molar-refractivity contribution in [1.29, 1.82) is 0 Å². The Balaban J connectivity index is 1.99. The van der Waals surface area contributed by atoms with Crippen molar-refractivity contribution >= 4 is 0 Å². The highest BCUT2D eigenvalue weighted by atomic mass is 16.2. The van der Waals surface area contributed by atoms with Crippen molar-refractivity contribution in [1.82, 2.24) is 4.90 Å². The van der Waals surface area contributed by atoms with Gasteiger partial charge in [-0.15, -0.1) is 0 Å². The van der Waals surface area contributed by atoms with E-state index in [2.05, 4.69) is 11.8 Å². The first kappa shape index (κ1) is 12.0. The van der Waals surface area contributed by atoms with Crippen LogP contribution in [0.1, 0.15) is 45.4 Å². The van der Waals surface area contributed by atoms with Crippen LogP contribution < -0.4 is 0 Å². The van der Waals surface area contributed by atoms with Crippen LogP contribution in [0, 0.1) is 5.92 Å². The molecule has 2 heteroatoms. The Hall–Kier alpha value is -0.0800. The van der Waals surface area contributed by atoms with Gasteiger partial charge in [0, 0.05) is 13.2 Å². The zero-order valence-electron chi connectivity index (χ0n) is 9.54. The zero-order valence-corrected chi connectivity index (χ0v) is 9.54. The molecule has 1 saturated carbocycles. The number of aliphatic hydroxyl groups is 1. The molecule has 1 aliphatic rings. The molecule has 2 nitrogen and oxygen atoms in total. The van der Waals surface area contributed by atoms with Gasteiger partial charge in [-0.25, -0.2) is 0 Å². The molecule has 0 radical (unpaired) electrons. The summed E-state index contributed by atoms with van der Waals surface area (Å²) in [6.07, 6.45) is 7.76. The van der Waals surface area contributed by atoms with Gasteiger partial charge in [-0.2, -0.15) is 0 Å². The van der Waals surface area contributed by atoms with Gasteiger partial charge in [-0.05, 0) is 51.1 Å². The van der Waals surface area contributed by atoms with E-state index in [0.717, 1.165) is 12.3 Å². The third-order valence-electron chi connectivity index (χ3n) is 3.32. The second kappa shape index (κ2) is 7.24. The molecule has 0 aromatic heterocycles. The number of nitrogens with zero attached hydrogens (tertiary/aromatic N) is 1. The average molecular weight is 199 g/mol. The van der Waals surface area contributed by atoms with Crippen LogP contribution in [-0.4, -0.2) is 36.2 Å². The van der Waals surface area contributed by atoms with Gasteiger partial charge < -0.3 is 10.0 Å². The second-order valence-corrected chi connectivity index (χ2v) is 4.47. The van der Waals surface area contributed by atoms with Gasteiger partial charge in [0.15, 0.2) is 0 Å². The molecule has 1 N–H and O–H groups in total. The van der Waals surface area contributed by atoms with E-state index >= 15 is 0 Å². The normalized spacial score (nSPS) is 17.4. The molecule has 1 aliphatic carbocycles. The standard InChI is InChI=1S/C12H25NO/c1-2-13(9-4-3-5-10-14)11-12-7-6-8-12/h12,14H,2-11H2,1H3. The Morgan fingerprint density at radius 2 is 2.00 bits per heavy atom. The Bertz CT molecular complexity index is 134. The summed E-state index contributed by atoms with van der Waals surface area (Å²) in [5.41, 5.74) is 0. The molecule has 84 valence electrons. The SMILES string of the molecule is CCN(CCCCCO)CC1CCC1. The summed E-state index contributed by atoms with van der Waals surface area (Å²) in [4.78, 5) is 2.57. The maximum absolute atomic E-state index is 8.67. The van der Waals surface area contributed by atoms with E-state index in [0.29, 0.717) is 6.61 Å². The monoisotopic (exact) mass is 199 g/mol. The first-order chi connectivity index (χ1) is 6.86. The van der Waals surface area contributed by atoms with Gasteiger partial charge in [0.2, 0.25) is 0 Å². The van der Waals surface area contributed by atoms with Gasteiger partial charge in [-0.1, -0.05) is 13.3 Å². The molecule has 0 aromatic carbocycles. The third kappa shape index (κ3) is 4.43. The van der Waals surface area contributed by atoms with Crippen LogP contribution in [0.4, 0.5) is 0 Å². The Morgan fingerprint density at radius 1 is 1.21 bits per heavy atom. The van der Waals surface area contributed by atoms with Gasteiger partial charge in [0.1, 0.15) is 0 Å². The molecule has 0 bridgehead atoms. The summed E-state index contributed by atoms with van der Waals surface area (Å²) in [5.74, 6) is 0.993. The zero-order chi connectivity index (χ0) is 10.2. The Labute approximate surface area is 88.3 Å². The van der Waals surface area contributed by atoms with Gasteiger partial charge in [-0.3, -0.25) is 0 Å². The van der Waals surface area contributed by atoms with E-state index in [-0.39, 0.29) is 0 Å². The van der Waals surface area contributed by atoms with Gasteiger partial charge in [0.25, 0.3) is 0 Å². The highest BCUT2D eigenvalue weighted by Gasteiger charge is 2.19. The molecule has 0 saturated heterocycles.